The van der Waals surface area contributed by atoms with E-state index in [4.69, 9.17) is 4.74 Å². The predicted molar refractivity (Wildman–Crippen MR) is 90.7 cm³/mol. The molecule has 2 heterocycles. The second-order valence-electron chi connectivity index (χ2n) is 5.40. The number of para-hydroxylation sites is 2. The van der Waals surface area contributed by atoms with Crippen molar-refractivity contribution in [1.29, 1.82) is 0 Å². The summed E-state index contributed by atoms with van der Waals surface area (Å²) in [6.07, 6.45) is -3.45. The van der Waals surface area contributed by atoms with Gasteiger partial charge < -0.3 is 9.72 Å². The Bertz CT molecular complexity index is 802. The van der Waals surface area contributed by atoms with Crippen LogP contribution in [-0.4, -0.2) is 27.7 Å². The Morgan fingerprint density at radius 2 is 2.00 bits per heavy atom. The molecule has 0 bridgehead atoms. The Balaban J connectivity index is 1.52. The molecule has 8 heteroatoms. The summed E-state index contributed by atoms with van der Waals surface area (Å²) >= 11 is 1.51. The van der Waals surface area contributed by atoms with Crippen molar-refractivity contribution < 1.29 is 17.9 Å². The van der Waals surface area contributed by atoms with Crippen LogP contribution < -0.4 is 4.74 Å². The van der Waals surface area contributed by atoms with Gasteiger partial charge in [0.2, 0.25) is 0 Å². The fourth-order valence-electron chi connectivity index (χ4n) is 2.23. The van der Waals surface area contributed by atoms with E-state index in [0.29, 0.717) is 11.5 Å². The van der Waals surface area contributed by atoms with Crippen LogP contribution in [0.3, 0.4) is 0 Å². The van der Waals surface area contributed by atoms with Gasteiger partial charge in [-0.2, -0.15) is 13.2 Å². The molecule has 2 aromatic heterocycles. The molecule has 4 nitrogen and oxygen atoms in total. The summed E-state index contributed by atoms with van der Waals surface area (Å²) in [6.45, 7) is 0.0275. The number of fused-ring (bicyclic) bond motifs is 1. The monoisotopic (exact) mass is 367 g/mol. The number of nitrogens with zero attached hydrogens (tertiary/aromatic N) is 2. The number of H-pyrrole nitrogens is 1. The van der Waals surface area contributed by atoms with E-state index >= 15 is 0 Å². The number of ether oxygens (including phenoxy) is 1. The van der Waals surface area contributed by atoms with Gasteiger partial charge in [-0.25, -0.2) is 4.98 Å². The Morgan fingerprint density at radius 1 is 1.16 bits per heavy atom. The largest absolute Gasteiger partial charge is 0.493 e. The van der Waals surface area contributed by atoms with Crippen LogP contribution in [0, 0.1) is 0 Å². The summed E-state index contributed by atoms with van der Waals surface area (Å²) in [5.74, 6) is 1.11. The second kappa shape index (κ2) is 7.77. The Morgan fingerprint density at radius 3 is 2.80 bits per heavy atom. The first kappa shape index (κ1) is 17.6. The number of aromatic amines is 1. The van der Waals surface area contributed by atoms with E-state index in [1.165, 1.54) is 11.8 Å². The number of imidazole rings is 1. The number of nitrogens with one attached hydrogen (secondary N) is 1. The third kappa shape index (κ3) is 5.38. The van der Waals surface area contributed by atoms with Gasteiger partial charge in [0.05, 0.1) is 23.3 Å². The van der Waals surface area contributed by atoms with E-state index in [-0.39, 0.29) is 13.0 Å². The first-order chi connectivity index (χ1) is 12.0. The number of hydrogen-bond donors (Lipinski definition) is 1. The molecule has 0 spiro atoms. The average molecular weight is 367 g/mol. The van der Waals surface area contributed by atoms with E-state index in [9.17, 15) is 13.2 Å². The summed E-state index contributed by atoms with van der Waals surface area (Å²) < 4.78 is 41.7. The quantitative estimate of drug-likeness (QED) is 0.473. The third-order valence-corrected chi connectivity index (χ3v) is 4.29. The van der Waals surface area contributed by atoms with Crippen LogP contribution in [0.25, 0.3) is 11.0 Å². The molecular weight excluding hydrogens is 351 g/mol. The Kier molecular flexibility index (Phi) is 5.47. The Hall–Kier alpha value is -2.22. The molecule has 0 saturated carbocycles. The summed E-state index contributed by atoms with van der Waals surface area (Å²) in [7, 11) is 0. The zero-order valence-electron chi connectivity index (χ0n) is 13.2. The lowest BCUT2D eigenvalue weighted by molar-refractivity contribution is -0.136. The molecule has 3 rings (SSSR count). The van der Waals surface area contributed by atoms with Crippen molar-refractivity contribution in [3.63, 3.8) is 0 Å². The summed E-state index contributed by atoms with van der Waals surface area (Å²) in [4.78, 5) is 12.0. The van der Waals surface area contributed by atoms with E-state index in [1.54, 1.807) is 18.3 Å². The van der Waals surface area contributed by atoms with Gasteiger partial charge in [0.1, 0.15) is 5.75 Å². The van der Waals surface area contributed by atoms with Crippen LogP contribution in [0.2, 0.25) is 0 Å². The van der Waals surface area contributed by atoms with Gasteiger partial charge in [0.25, 0.3) is 0 Å². The molecule has 0 unspecified atom stereocenters. The number of benzene rings is 1. The molecule has 25 heavy (non-hydrogen) atoms. The van der Waals surface area contributed by atoms with Crippen LogP contribution in [-0.2, 0) is 5.75 Å². The predicted octanol–water partition coefficient (Wildman–Crippen LogP) is 4.97. The van der Waals surface area contributed by atoms with Crippen LogP contribution >= 0.6 is 11.8 Å². The number of aromatic nitrogens is 3. The van der Waals surface area contributed by atoms with Gasteiger partial charge in [-0.3, -0.25) is 4.98 Å². The van der Waals surface area contributed by atoms with Crippen LogP contribution in [0.1, 0.15) is 18.5 Å². The van der Waals surface area contributed by atoms with Crippen molar-refractivity contribution in [1.82, 2.24) is 15.0 Å². The number of rotatable bonds is 7. The minimum atomic E-state index is -4.14. The third-order valence-electron chi connectivity index (χ3n) is 3.39. The number of alkyl halides is 3. The maximum absolute atomic E-state index is 12.1. The maximum Gasteiger partial charge on any atom is 0.389 e. The summed E-state index contributed by atoms with van der Waals surface area (Å²) in [6, 6.07) is 11.1. The molecule has 0 radical (unpaired) electrons. The van der Waals surface area contributed by atoms with Crippen LogP contribution in [0.5, 0.6) is 5.75 Å². The SMILES string of the molecule is FC(F)(F)CCCOc1ccnc(CSc2nc3ccccc3[nH]2)c1. The summed E-state index contributed by atoms with van der Waals surface area (Å²) in [5.41, 5.74) is 2.65. The highest BCUT2D eigenvalue weighted by Gasteiger charge is 2.26. The lowest BCUT2D eigenvalue weighted by Gasteiger charge is -2.08. The number of halogens is 3. The van der Waals surface area contributed by atoms with Crippen molar-refractivity contribution in [2.75, 3.05) is 6.61 Å². The highest BCUT2D eigenvalue weighted by molar-refractivity contribution is 7.98. The van der Waals surface area contributed by atoms with Gasteiger partial charge in [-0.1, -0.05) is 23.9 Å². The second-order valence-corrected chi connectivity index (χ2v) is 6.36. The standard InChI is InChI=1S/C17H16F3N3OS/c18-17(19,20)7-3-9-24-13-6-8-21-12(10-13)11-25-16-22-14-4-1-2-5-15(14)23-16/h1-2,4-6,8,10H,3,7,9,11H2,(H,22,23). The highest BCUT2D eigenvalue weighted by atomic mass is 32.2. The fourth-order valence-corrected chi connectivity index (χ4v) is 3.01. The number of thioether (sulfide) groups is 1. The molecule has 132 valence electrons. The van der Waals surface area contributed by atoms with Gasteiger partial charge >= 0.3 is 6.18 Å². The van der Waals surface area contributed by atoms with E-state index in [1.807, 2.05) is 24.3 Å². The average Bonchev–Trinajstić information content (AvgIpc) is 2.99. The fraction of sp³-hybridized carbons (Fsp3) is 0.294. The van der Waals surface area contributed by atoms with Crippen molar-refractivity contribution in [2.24, 2.45) is 0 Å². The molecule has 0 atom stereocenters. The molecule has 0 fully saturated rings. The van der Waals surface area contributed by atoms with Gasteiger partial charge in [0, 0.05) is 24.4 Å². The van der Waals surface area contributed by atoms with Crippen molar-refractivity contribution in [3.05, 3.63) is 48.3 Å². The molecule has 1 N–H and O–H groups in total. The number of pyridine rings is 1. The lowest BCUT2D eigenvalue weighted by Crippen LogP contribution is -2.09. The lowest BCUT2D eigenvalue weighted by atomic mass is 10.3. The normalized spacial score (nSPS) is 11.8. The first-order valence-corrected chi connectivity index (χ1v) is 8.70. The van der Waals surface area contributed by atoms with Crippen LogP contribution in [0.15, 0.2) is 47.8 Å². The van der Waals surface area contributed by atoms with Gasteiger partial charge in [0.15, 0.2) is 5.16 Å². The molecule has 3 aromatic rings. The molecule has 0 amide bonds. The van der Waals surface area contributed by atoms with E-state index < -0.39 is 12.6 Å². The van der Waals surface area contributed by atoms with E-state index in [0.717, 1.165) is 21.9 Å². The minimum Gasteiger partial charge on any atom is -0.493 e. The molecule has 0 saturated heterocycles. The Labute approximate surface area is 146 Å². The maximum atomic E-state index is 12.1. The molecule has 0 aliphatic carbocycles. The molecule has 1 aromatic carbocycles. The topological polar surface area (TPSA) is 50.8 Å². The van der Waals surface area contributed by atoms with Crippen LogP contribution in [0.4, 0.5) is 13.2 Å². The van der Waals surface area contributed by atoms with Gasteiger partial charge in [-0.15, -0.1) is 0 Å². The van der Waals surface area contributed by atoms with Crippen molar-refractivity contribution >= 4 is 22.8 Å². The van der Waals surface area contributed by atoms with E-state index in [2.05, 4.69) is 15.0 Å². The summed E-state index contributed by atoms with van der Waals surface area (Å²) in [5, 5.41) is 0.791. The van der Waals surface area contributed by atoms with Gasteiger partial charge in [-0.05, 0) is 24.6 Å². The minimum absolute atomic E-state index is 0.0275. The molecule has 0 aliphatic rings. The first-order valence-electron chi connectivity index (χ1n) is 7.72. The smallest absolute Gasteiger partial charge is 0.389 e. The van der Waals surface area contributed by atoms with Crippen molar-refractivity contribution in [3.8, 4) is 5.75 Å². The molecule has 0 aliphatic heterocycles. The highest BCUT2D eigenvalue weighted by Crippen LogP contribution is 2.24. The van der Waals surface area contributed by atoms with Crippen molar-refractivity contribution in [2.45, 2.75) is 29.9 Å². The molecular formula is C17H16F3N3OS. The zero-order valence-corrected chi connectivity index (χ0v) is 14.0. The zero-order chi connectivity index (χ0) is 17.7. The number of hydrogen-bond acceptors (Lipinski definition) is 4.